The molecule has 0 unspecified atom stereocenters. The van der Waals surface area contributed by atoms with E-state index < -0.39 is 0 Å². The Kier molecular flexibility index (Phi) is 4.61. The van der Waals surface area contributed by atoms with E-state index in [1.807, 2.05) is 11.3 Å². The number of thiophene rings is 1. The number of nitrogens with one attached hydrogen (secondary N) is 1. The van der Waals surface area contributed by atoms with Crippen molar-refractivity contribution < 1.29 is 4.74 Å². The lowest BCUT2D eigenvalue weighted by atomic mass is 9.96. The van der Waals surface area contributed by atoms with Crippen LogP contribution in [0.15, 0.2) is 17.5 Å². The molecule has 3 rings (SSSR count). The van der Waals surface area contributed by atoms with Gasteiger partial charge in [0.05, 0.1) is 6.61 Å². The summed E-state index contributed by atoms with van der Waals surface area (Å²) in [5.74, 6) is 1.70. The summed E-state index contributed by atoms with van der Waals surface area (Å²) in [4.78, 5) is 8.53. The molecular formula is C16H24N4OS. The fourth-order valence-corrected chi connectivity index (χ4v) is 3.25. The molecule has 0 aliphatic carbocycles. The Morgan fingerprint density at radius 2 is 2.32 bits per heavy atom. The van der Waals surface area contributed by atoms with Crippen molar-refractivity contribution in [2.75, 3.05) is 26.2 Å². The monoisotopic (exact) mass is 320 g/mol. The minimum absolute atomic E-state index is 0.000635. The van der Waals surface area contributed by atoms with Crippen molar-refractivity contribution in [2.45, 2.75) is 38.7 Å². The van der Waals surface area contributed by atoms with Gasteiger partial charge in [0.2, 0.25) is 0 Å². The first-order chi connectivity index (χ1) is 10.5. The summed E-state index contributed by atoms with van der Waals surface area (Å²) < 4.78 is 5.88. The standard InChI is InChI=1S/C16H24N4OS/c1-16(2,3)15-17-14(18-19-15)13-11-20(8-9-21-13)7-6-12-5-4-10-22-12/h4-5,10,13H,6-9,11H2,1-3H3,(H,17,18,19)/t13-/m0/s1. The smallest absolute Gasteiger partial charge is 0.156 e. The van der Waals surface area contributed by atoms with Gasteiger partial charge in [0, 0.05) is 29.9 Å². The molecule has 2 aromatic rings. The Balaban J connectivity index is 1.59. The minimum Gasteiger partial charge on any atom is -0.368 e. The van der Waals surface area contributed by atoms with Gasteiger partial charge >= 0.3 is 0 Å². The normalized spacial score (nSPS) is 20.4. The molecule has 1 aliphatic rings. The molecule has 2 aromatic heterocycles. The Hall–Kier alpha value is -1.24. The van der Waals surface area contributed by atoms with Crippen LogP contribution >= 0.6 is 11.3 Å². The van der Waals surface area contributed by atoms with E-state index in [9.17, 15) is 0 Å². The van der Waals surface area contributed by atoms with Gasteiger partial charge < -0.3 is 4.74 Å². The average Bonchev–Trinajstić information content (AvgIpc) is 3.16. The van der Waals surface area contributed by atoms with E-state index in [-0.39, 0.29) is 11.5 Å². The van der Waals surface area contributed by atoms with Crippen molar-refractivity contribution in [1.82, 2.24) is 20.1 Å². The number of morpholine rings is 1. The van der Waals surface area contributed by atoms with Crippen LogP contribution < -0.4 is 0 Å². The molecule has 0 saturated carbocycles. The number of aromatic amines is 1. The predicted molar refractivity (Wildman–Crippen MR) is 88.2 cm³/mol. The number of ether oxygens (including phenoxy) is 1. The Labute approximate surface area is 135 Å². The molecule has 120 valence electrons. The van der Waals surface area contributed by atoms with Crippen molar-refractivity contribution in [3.05, 3.63) is 34.0 Å². The number of aromatic nitrogens is 3. The lowest BCUT2D eigenvalue weighted by molar-refractivity contribution is -0.0337. The van der Waals surface area contributed by atoms with Crippen molar-refractivity contribution in [3.63, 3.8) is 0 Å². The van der Waals surface area contributed by atoms with Crippen LogP contribution in [0.25, 0.3) is 0 Å². The Morgan fingerprint density at radius 1 is 1.45 bits per heavy atom. The lowest BCUT2D eigenvalue weighted by Gasteiger charge is -2.31. The molecule has 5 nitrogen and oxygen atoms in total. The van der Waals surface area contributed by atoms with Crippen molar-refractivity contribution in [1.29, 1.82) is 0 Å². The molecule has 3 heterocycles. The van der Waals surface area contributed by atoms with Gasteiger partial charge in [-0.25, -0.2) is 4.98 Å². The zero-order valence-corrected chi connectivity index (χ0v) is 14.3. The van der Waals surface area contributed by atoms with Gasteiger partial charge in [0.1, 0.15) is 6.10 Å². The third kappa shape index (κ3) is 3.74. The van der Waals surface area contributed by atoms with Gasteiger partial charge in [-0.1, -0.05) is 26.8 Å². The first kappa shape index (κ1) is 15.6. The summed E-state index contributed by atoms with van der Waals surface area (Å²) >= 11 is 1.83. The molecule has 0 bridgehead atoms. The fraction of sp³-hybridized carbons (Fsp3) is 0.625. The molecule has 0 radical (unpaired) electrons. The summed E-state index contributed by atoms with van der Waals surface area (Å²) in [5.41, 5.74) is -0.0394. The van der Waals surface area contributed by atoms with Gasteiger partial charge in [0.25, 0.3) is 0 Å². The summed E-state index contributed by atoms with van der Waals surface area (Å²) in [7, 11) is 0. The zero-order chi connectivity index (χ0) is 15.6. The molecule has 1 atom stereocenters. The van der Waals surface area contributed by atoms with E-state index in [1.54, 1.807) is 0 Å². The summed E-state index contributed by atoms with van der Waals surface area (Å²) in [5, 5.41) is 9.54. The van der Waals surface area contributed by atoms with Crippen molar-refractivity contribution >= 4 is 11.3 Å². The van der Waals surface area contributed by atoms with Crippen LogP contribution in [0.1, 0.15) is 43.4 Å². The first-order valence-corrected chi connectivity index (χ1v) is 8.69. The van der Waals surface area contributed by atoms with Crippen LogP contribution in [0.4, 0.5) is 0 Å². The minimum atomic E-state index is -0.0394. The van der Waals surface area contributed by atoms with Gasteiger partial charge in [-0.05, 0) is 17.9 Å². The molecule has 1 aliphatic heterocycles. The highest BCUT2D eigenvalue weighted by atomic mass is 32.1. The number of hydrogen-bond acceptors (Lipinski definition) is 5. The summed E-state index contributed by atoms with van der Waals surface area (Å²) in [6.07, 6.45) is 1.11. The molecular weight excluding hydrogens is 296 g/mol. The highest BCUT2D eigenvalue weighted by Crippen LogP contribution is 2.23. The average molecular weight is 320 g/mol. The maximum Gasteiger partial charge on any atom is 0.156 e. The van der Waals surface area contributed by atoms with Crippen LogP contribution in [0.5, 0.6) is 0 Å². The van der Waals surface area contributed by atoms with E-state index >= 15 is 0 Å². The molecule has 1 saturated heterocycles. The quantitative estimate of drug-likeness (QED) is 0.941. The van der Waals surface area contributed by atoms with Crippen LogP contribution in [0.3, 0.4) is 0 Å². The Morgan fingerprint density at radius 3 is 3.00 bits per heavy atom. The number of nitrogens with zero attached hydrogens (tertiary/aromatic N) is 3. The first-order valence-electron chi connectivity index (χ1n) is 7.81. The van der Waals surface area contributed by atoms with E-state index in [0.29, 0.717) is 0 Å². The van der Waals surface area contributed by atoms with Crippen LogP contribution in [0.2, 0.25) is 0 Å². The molecule has 22 heavy (non-hydrogen) atoms. The van der Waals surface area contributed by atoms with Gasteiger partial charge in [-0.15, -0.1) is 11.3 Å². The van der Waals surface area contributed by atoms with Gasteiger partial charge in [-0.2, -0.15) is 5.10 Å². The van der Waals surface area contributed by atoms with Crippen LogP contribution in [-0.2, 0) is 16.6 Å². The maximum absolute atomic E-state index is 5.88. The maximum atomic E-state index is 5.88. The third-order valence-electron chi connectivity index (χ3n) is 3.88. The predicted octanol–water partition coefficient (Wildman–Crippen LogP) is 2.78. The topological polar surface area (TPSA) is 54.0 Å². The largest absolute Gasteiger partial charge is 0.368 e. The van der Waals surface area contributed by atoms with E-state index in [1.165, 1.54) is 4.88 Å². The Bertz CT molecular complexity index is 588. The summed E-state index contributed by atoms with van der Waals surface area (Å²) in [6, 6.07) is 4.32. The molecule has 1 N–H and O–H groups in total. The molecule has 6 heteroatoms. The van der Waals surface area contributed by atoms with Crippen LogP contribution in [0, 0.1) is 0 Å². The summed E-state index contributed by atoms with van der Waals surface area (Å²) in [6.45, 7) is 10.0. The number of H-pyrrole nitrogens is 1. The van der Waals surface area contributed by atoms with E-state index in [4.69, 9.17) is 4.74 Å². The highest BCUT2D eigenvalue weighted by molar-refractivity contribution is 7.09. The number of rotatable bonds is 4. The zero-order valence-electron chi connectivity index (χ0n) is 13.5. The van der Waals surface area contributed by atoms with Crippen molar-refractivity contribution in [2.24, 2.45) is 0 Å². The van der Waals surface area contributed by atoms with E-state index in [2.05, 4.69) is 58.4 Å². The van der Waals surface area contributed by atoms with Crippen molar-refractivity contribution in [3.8, 4) is 0 Å². The second-order valence-electron chi connectivity index (χ2n) is 6.78. The fourth-order valence-electron chi connectivity index (χ4n) is 2.55. The highest BCUT2D eigenvalue weighted by Gasteiger charge is 2.27. The molecule has 1 fully saturated rings. The number of hydrogen-bond donors (Lipinski definition) is 1. The second kappa shape index (κ2) is 6.48. The molecule has 0 amide bonds. The molecule has 0 aromatic carbocycles. The second-order valence-corrected chi connectivity index (χ2v) is 7.82. The molecule has 0 spiro atoms. The van der Waals surface area contributed by atoms with E-state index in [0.717, 1.165) is 44.3 Å². The van der Waals surface area contributed by atoms with Crippen LogP contribution in [-0.4, -0.2) is 46.3 Å². The lowest BCUT2D eigenvalue weighted by Crippen LogP contribution is -2.39. The third-order valence-corrected chi connectivity index (χ3v) is 4.82. The van der Waals surface area contributed by atoms with Gasteiger partial charge in [-0.3, -0.25) is 10.00 Å². The SMILES string of the molecule is CC(C)(C)c1n[nH]c([C@@H]2CN(CCc3cccs3)CCO2)n1. The van der Waals surface area contributed by atoms with Gasteiger partial charge in [0.15, 0.2) is 11.6 Å².